The van der Waals surface area contributed by atoms with Crippen LogP contribution in [-0.4, -0.2) is 26.8 Å². The monoisotopic (exact) mass is 444 g/mol. The molecule has 0 atom stereocenters. The van der Waals surface area contributed by atoms with Crippen LogP contribution in [0.3, 0.4) is 0 Å². The van der Waals surface area contributed by atoms with Crippen molar-refractivity contribution in [2.45, 2.75) is 46.8 Å². The Morgan fingerprint density at radius 3 is 2.54 bits per heavy atom. The maximum atomic E-state index is 13.5. The zero-order chi connectivity index (χ0) is 20.6. The fourth-order valence-corrected chi connectivity index (χ4v) is 3.94. The van der Waals surface area contributed by atoms with Gasteiger partial charge in [-0.15, -0.1) is 0 Å². The highest BCUT2D eigenvalue weighted by Gasteiger charge is 2.24. The SMILES string of the molecule is Cc1cc(CN)[nH]c(=O)c1CN(C(=O)c1cc(Br)cc2[nH]cc(C)c12)C(C)C. The van der Waals surface area contributed by atoms with Crippen LogP contribution in [-0.2, 0) is 13.1 Å². The van der Waals surface area contributed by atoms with Gasteiger partial charge in [-0.25, -0.2) is 0 Å². The van der Waals surface area contributed by atoms with Crippen LogP contribution in [0.2, 0.25) is 0 Å². The molecule has 28 heavy (non-hydrogen) atoms. The second kappa shape index (κ2) is 7.93. The van der Waals surface area contributed by atoms with E-state index in [1.54, 1.807) is 4.90 Å². The Morgan fingerprint density at radius 2 is 1.93 bits per heavy atom. The van der Waals surface area contributed by atoms with Gasteiger partial charge in [0, 0.05) is 45.4 Å². The molecule has 0 saturated carbocycles. The third kappa shape index (κ3) is 3.77. The Kier molecular flexibility index (Phi) is 5.76. The number of aryl methyl sites for hydroxylation is 2. The molecule has 0 aliphatic heterocycles. The van der Waals surface area contributed by atoms with Gasteiger partial charge in [0.25, 0.3) is 11.5 Å². The van der Waals surface area contributed by atoms with Crippen molar-refractivity contribution >= 4 is 32.7 Å². The van der Waals surface area contributed by atoms with E-state index in [1.165, 1.54) is 0 Å². The first-order chi connectivity index (χ1) is 13.2. The van der Waals surface area contributed by atoms with Crippen LogP contribution < -0.4 is 11.3 Å². The van der Waals surface area contributed by atoms with Crippen molar-refractivity contribution in [2.24, 2.45) is 5.73 Å². The van der Waals surface area contributed by atoms with Crippen molar-refractivity contribution in [3.63, 3.8) is 0 Å². The Bertz CT molecular complexity index is 1100. The van der Waals surface area contributed by atoms with Gasteiger partial charge in [-0.2, -0.15) is 0 Å². The van der Waals surface area contributed by atoms with Crippen LogP contribution in [0, 0.1) is 13.8 Å². The summed E-state index contributed by atoms with van der Waals surface area (Å²) in [5.74, 6) is -0.106. The maximum absolute atomic E-state index is 13.5. The van der Waals surface area contributed by atoms with Crippen LogP contribution in [0.15, 0.2) is 33.7 Å². The third-order valence-electron chi connectivity index (χ3n) is 5.02. The number of fused-ring (bicyclic) bond motifs is 1. The second-order valence-electron chi connectivity index (χ2n) is 7.36. The lowest BCUT2D eigenvalue weighted by atomic mass is 10.0. The van der Waals surface area contributed by atoms with E-state index in [0.717, 1.165) is 26.5 Å². The zero-order valence-corrected chi connectivity index (χ0v) is 18.1. The molecule has 3 rings (SSSR count). The molecule has 0 radical (unpaired) electrons. The minimum Gasteiger partial charge on any atom is -0.361 e. The first-order valence-electron chi connectivity index (χ1n) is 9.22. The normalized spacial score (nSPS) is 11.4. The third-order valence-corrected chi connectivity index (χ3v) is 5.48. The largest absolute Gasteiger partial charge is 0.361 e. The number of amides is 1. The van der Waals surface area contributed by atoms with Gasteiger partial charge in [0.1, 0.15) is 0 Å². The highest BCUT2D eigenvalue weighted by Crippen LogP contribution is 2.28. The molecule has 2 aromatic heterocycles. The number of aromatic nitrogens is 2. The Hall–Kier alpha value is -2.38. The summed E-state index contributed by atoms with van der Waals surface area (Å²) in [6, 6.07) is 5.59. The van der Waals surface area contributed by atoms with Gasteiger partial charge < -0.3 is 20.6 Å². The smallest absolute Gasteiger partial charge is 0.255 e. The number of benzene rings is 1. The van der Waals surface area contributed by atoms with E-state index >= 15 is 0 Å². The quantitative estimate of drug-likeness (QED) is 0.558. The van der Waals surface area contributed by atoms with E-state index < -0.39 is 0 Å². The lowest BCUT2D eigenvalue weighted by Crippen LogP contribution is -2.38. The molecule has 3 aromatic rings. The predicted molar refractivity (Wildman–Crippen MR) is 115 cm³/mol. The molecule has 0 fully saturated rings. The fraction of sp³-hybridized carbons (Fsp3) is 0.333. The minimum atomic E-state index is -0.198. The highest BCUT2D eigenvalue weighted by molar-refractivity contribution is 9.10. The summed E-state index contributed by atoms with van der Waals surface area (Å²) in [4.78, 5) is 33.8. The Morgan fingerprint density at radius 1 is 1.21 bits per heavy atom. The van der Waals surface area contributed by atoms with E-state index in [1.807, 2.05) is 52.1 Å². The summed E-state index contributed by atoms with van der Waals surface area (Å²) in [6.45, 7) is 8.26. The van der Waals surface area contributed by atoms with Gasteiger partial charge in [0.2, 0.25) is 0 Å². The van der Waals surface area contributed by atoms with Crippen molar-refractivity contribution < 1.29 is 4.79 Å². The molecule has 1 aromatic carbocycles. The maximum Gasteiger partial charge on any atom is 0.255 e. The first-order valence-corrected chi connectivity index (χ1v) is 10.0. The van der Waals surface area contributed by atoms with Gasteiger partial charge in [-0.3, -0.25) is 9.59 Å². The number of carbonyl (C=O) groups excluding carboxylic acids is 1. The van der Waals surface area contributed by atoms with Crippen molar-refractivity contribution in [3.05, 3.63) is 67.2 Å². The molecule has 0 unspecified atom stereocenters. The number of carbonyl (C=O) groups is 1. The molecule has 2 heterocycles. The van der Waals surface area contributed by atoms with Crippen molar-refractivity contribution in [3.8, 4) is 0 Å². The van der Waals surface area contributed by atoms with Crippen LogP contribution >= 0.6 is 15.9 Å². The molecule has 6 nitrogen and oxygen atoms in total. The molecule has 1 amide bonds. The minimum absolute atomic E-state index is 0.0752. The van der Waals surface area contributed by atoms with Gasteiger partial charge in [-0.05, 0) is 57.0 Å². The average Bonchev–Trinajstić information content (AvgIpc) is 3.00. The van der Waals surface area contributed by atoms with Crippen molar-refractivity contribution in [2.75, 3.05) is 0 Å². The van der Waals surface area contributed by atoms with Crippen LogP contribution in [0.1, 0.15) is 46.6 Å². The molecular weight excluding hydrogens is 420 g/mol. The van der Waals surface area contributed by atoms with Crippen LogP contribution in [0.4, 0.5) is 0 Å². The molecule has 0 saturated heterocycles. The molecular formula is C21H25BrN4O2. The van der Waals surface area contributed by atoms with Crippen LogP contribution in [0.25, 0.3) is 10.9 Å². The molecule has 0 bridgehead atoms. The number of nitrogens with two attached hydrogens (primary N) is 1. The number of pyridine rings is 1. The number of rotatable bonds is 5. The highest BCUT2D eigenvalue weighted by atomic mass is 79.9. The van der Waals surface area contributed by atoms with Gasteiger partial charge in [0.15, 0.2) is 0 Å². The molecule has 0 spiro atoms. The molecule has 4 N–H and O–H groups in total. The topological polar surface area (TPSA) is 95.0 Å². The summed E-state index contributed by atoms with van der Waals surface area (Å²) in [5.41, 5.74) is 10.1. The van der Waals surface area contributed by atoms with Crippen molar-refractivity contribution in [1.82, 2.24) is 14.9 Å². The van der Waals surface area contributed by atoms with Gasteiger partial charge >= 0.3 is 0 Å². The van der Waals surface area contributed by atoms with Crippen LogP contribution in [0.5, 0.6) is 0 Å². The summed E-state index contributed by atoms with van der Waals surface area (Å²) in [5, 5.41) is 0.906. The van der Waals surface area contributed by atoms with Gasteiger partial charge in [-0.1, -0.05) is 15.9 Å². The average molecular weight is 445 g/mol. The fourth-order valence-electron chi connectivity index (χ4n) is 3.48. The van der Waals surface area contributed by atoms with Crippen molar-refractivity contribution in [1.29, 1.82) is 0 Å². The zero-order valence-electron chi connectivity index (χ0n) is 16.5. The summed E-state index contributed by atoms with van der Waals surface area (Å²) >= 11 is 3.50. The molecule has 7 heteroatoms. The van der Waals surface area contributed by atoms with E-state index in [9.17, 15) is 9.59 Å². The second-order valence-corrected chi connectivity index (χ2v) is 8.28. The Balaban J connectivity index is 2.06. The number of nitrogens with zero attached hydrogens (tertiary/aromatic N) is 1. The lowest BCUT2D eigenvalue weighted by Gasteiger charge is -2.28. The number of aromatic amines is 2. The summed E-state index contributed by atoms with van der Waals surface area (Å²) in [6.07, 6.45) is 1.90. The number of hydrogen-bond acceptors (Lipinski definition) is 3. The number of halogens is 1. The lowest BCUT2D eigenvalue weighted by molar-refractivity contribution is 0.0691. The standard InChI is InChI=1S/C21H25BrN4O2/c1-11(2)26(10-17-12(3)5-15(8-23)25-20(17)27)21(28)16-6-14(22)7-18-19(16)13(4)9-24-18/h5-7,9,11,24H,8,10,23H2,1-4H3,(H,25,27). The molecule has 0 aliphatic rings. The number of H-pyrrole nitrogens is 2. The van der Waals surface area contributed by atoms with Gasteiger partial charge in [0.05, 0.1) is 12.1 Å². The molecule has 0 aliphatic carbocycles. The van der Waals surface area contributed by atoms with E-state index in [2.05, 4.69) is 25.9 Å². The van der Waals surface area contributed by atoms with E-state index in [4.69, 9.17) is 5.73 Å². The van der Waals surface area contributed by atoms with E-state index in [-0.39, 0.29) is 30.6 Å². The summed E-state index contributed by atoms with van der Waals surface area (Å²) in [7, 11) is 0. The molecule has 148 valence electrons. The number of hydrogen-bond donors (Lipinski definition) is 3. The van der Waals surface area contributed by atoms with E-state index in [0.29, 0.717) is 16.8 Å². The Labute approximate surface area is 172 Å². The first kappa shape index (κ1) is 20.4. The number of nitrogens with one attached hydrogen (secondary N) is 2. The predicted octanol–water partition coefficient (Wildman–Crippen LogP) is 3.75. The summed E-state index contributed by atoms with van der Waals surface area (Å²) < 4.78 is 0.829.